The fourth-order valence-corrected chi connectivity index (χ4v) is 3.98. The summed E-state index contributed by atoms with van der Waals surface area (Å²) in [5.74, 6) is 0. The molecule has 0 saturated carbocycles. The Bertz CT molecular complexity index is 1530. The summed E-state index contributed by atoms with van der Waals surface area (Å²) in [5.41, 5.74) is 7.62. The van der Waals surface area contributed by atoms with Crippen LogP contribution in [0.2, 0.25) is 0 Å². The molecule has 37 heavy (non-hydrogen) atoms. The lowest BCUT2D eigenvalue weighted by molar-refractivity contribution is 0.0589. The number of aromatic nitrogens is 2. The number of nitrogens with zero attached hydrogens (tertiary/aromatic N) is 3. The van der Waals surface area contributed by atoms with Crippen LogP contribution < -0.4 is 15.8 Å². The van der Waals surface area contributed by atoms with Crippen molar-refractivity contribution >= 4 is 45.0 Å². The van der Waals surface area contributed by atoms with Crippen molar-refractivity contribution in [2.75, 3.05) is 15.8 Å². The summed E-state index contributed by atoms with van der Waals surface area (Å²) in [6.45, 7) is 6.25. The third-order valence-electron chi connectivity index (χ3n) is 5.67. The van der Waals surface area contributed by atoms with E-state index in [0.717, 1.165) is 34.0 Å². The van der Waals surface area contributed by atoms with Gasteiger partial charge in [0.1, 0.15) is 5.60 Å². The molecule has 0 atom stereocenters. The van der Waals surface area contributed by atoms with Crippen LogP contribution in [0.5, 0.6) is 0 Å². The first-order chi connectivity index (χ1) is 17.9. The molecule has 2 heterocycles. The number of carbonyl (C=O) groups is 1. The maximum absolute atomic E-state index is 13.0. The lowest BCUT2D eigenvalue weighted by Crippen LogP contribution is -2.40. The van der Waals surface area contributed by atoms with E-state index in [2.05, 4.69) is 33.9 Å². The van der Waals surface area contributed by atoms with E-state index in [9.17, 15) is 4.79 Å². The standard InChI is InChI=1S/C30H29N5O2/c1-30(2,3)37-29(36)35(26-12-8-5-9-13-26)34-25-17-23-15-14-22-16-24(19-32-27(22)28(23)33-20-25)31-18-21-10-6-4-7-11-21/h4-17,19-20,31,34H,18H2,1-3H3. The molecule has 1 amide bonds. The normalized spacial score (nSPS) is 11.3. The fourth-order valence-electron chi connectivity index (χ4n) is 3.98. The van der Waals surface area contributed by atoms with Crippen LogP contribution in [-0.4, -0.2) is 21.7 Å². The number of fused-ring (bicyclic) bond motifs is 3. The monoisotopic (exact) mass is 491 g/mol. The third-order valence-corrected chi connectivity index (χ3v) is 5.67. The zero-order valence-corrected chi connectivity index (χ0v) is 21.1. The molecule has 7 nitrogen and oxygen atoms in total. The van der Waals surface area contributed by atoms with Gasteiger partial charge in [-0.05, 0) is 50.6 Å². The van der Waals surface area contributed by atoms with Crippen LogP contribution in [0.3, 0.4) is 0 Å². The summed E-state index contributed by atoms with van der Waals surface area (Å²) in [6, 6.07) is 27.6. The van der Waals surface area contributed by atoms with Crippen molar-refractivity contribution in [1.82, 2.24) is 9.97 Å². The van der Waals surface area contributed by atoms with E-state index >= 15 is 0 Å². The Kier molecular flexibility index (Phi) is 6.60. The largest absolute Gasteiger partial charge is 0.442 e. The summed E-state index contributed by atoms with van der Waals surface area (Å²) >= 11 is 0. The number of carbonyl (C=O) groups excluding carboxylic acids is 1. The summed E-state index contributed by atoms with van der Waals surface area (Å²) in [6.07, 6.45) is 3.03. The van der Waals surface area contributed by atoms with Crippen LogP contribution >= 0.6 is 0 Å². The highest BCUT2D eigenvalue weighted by molar-refractivity contribution is 6.04. The van der Waals surface area contributed by atoms with Crippen LogP contribution in [0.25, 0.3) is 21.8 Å². The first-order valence-corrected chi connectivity index (χ1v) is 12.2. The minimum absolute atomic E-state index is 0.505. The molecule has 2 aromatic heterocycles. The Hall–Kier alpha value is -4.65. The van der Waals surface area contributed by atoms with Gasteiger partial charge in [0.05, 0.1) is 40.5 Å². The van der Waals surface area contributed by atoms with Crippen LogP contribution in [-0.2, 0) is 11.3 Å². The van der Waals surface area contributed by atoms with Gasteiger partial charge in [-0.15, -0.1) is 0 Å². The number of hydrazine groups is 1. The zero-order chi connectivity index (χ0) is 25.8. The first kappa shape index (κ1) is 24.1. The molecule has 0 aliphatic rings. The van der Waals surface area contributed by atoms with E-state index in [-0.39, 0.29) is 0 Å². The zero-order valence-electron chi connectivity index (χ0n) is 21.1. The molecule has 0 spiro atoms. The van der Waals surface area contributed by atoms with Crippen LogP contribution in [0.15, 0.2) is 97.3 Å². The predicted octanol–water partition coefficient (Wildman–Crippen LogP) is 7.16. The van der Waals surface area contributed by atoms with Crippen molar-refractivity contribution < 1.29 is 9.53 Å². The molecular formula is C30H29N5O2. The van der Waals surface area contributed by atoms with Crippen molar-refractivity contribution in [3.63, 3.8) is 0 Å². The lowest BCUT2D eigenvalue weighted by Gasteiger charge is -2.28. The molecule has 0 aliphatic carbocycles. The number of ether oxygens (including phenoxy) is 1. The summed E-state index contributed by atoms with van der Waals surface area (Å²) < 4.78 is 5.62. The van der Waals surface area contributed by atoms with Crippen LogP contribution in [0, 0.1) is 0 Å². The molecule has 2 N–H and O–H groups in total. The smallest absolute Gasteiger partial charge is 0.433 e. The highest BCUT2D eigenvalue weighted by Crippen LogP contribution is 2.27. The van der Waals surface area contributed by atoms with Crippen molar-refractivity contribution in [2.45, 2.75) is 32.9 Å². The minimum Gasteiger partial charge on any atom is -0.442 e. The number of para-hydroxylation sites is 1. The summed E-state index contributed by atoms with van der Waals surface area (Å²) in [7, 11) is 0. The number of rotatable bonds is 6. The Morgan fingerprint density at radius 2 is 1.38 bits per heavy atom. The number of hydrogen-bond acceptors (Lipinski definition) is 6. The van der Waals surface area contributed by atoms with Crippen molar-refractivity contribution in [2.24, 2.45) is 0 Å². The highest BCUT2D eigenvalue weighted by atomic mass is 16.6. The average Bonchev–Trinajstić information content (AvgIpc) is 2.90. The van der Waals surface area contributed by atoms with E-state index in [0.29, 0.717) is 11.4 Å². The molecule has 7 heteroatoms. The van der Waals surface area contributed by atoms with E-state index in [1.807, 2.05) is 93.7 Å². The maximum Gasteiger partial charge on any atom is 0.433 e. The van der Waals surface area contributed by atoms with Gasteiger partial charge in [0.15, 0.2) is 0 Å². The van der Waals surface area contributed by atoms with Gasteiger partial charge in [-0.2, -0.15) is 5.01 Å². The van der Waals surface area contributed by atoms with E-state index in [1.54, 1.807) is 6.20 Å². The second kappa shape index (κ2) is 10.1. The van der Waals surface area contributed by atoms with E-state index < -0.39 is 11.7 Å². The van der Waals surface area contributed by atoms with E-state index in [1.165, 1.54) is 10.6 Å². The molecule has 0 aliphatic heterocycles. The van der Waals surface area contributed by atoms with Gasteiger partial charge in [0, 0.05) is 17.3 Å². The van der Waals surface area contributed by atoms with Gasteiger partial charge >= 0.3 is 6.09 Å². The minimum atomic E-state index is -0.632. The Morgan fingerprint density at radius 1 is 0.811 bits per heavy atom. The number of hydrogen-bond donors (Lipinski definition) is 2. The third kappa shape index (κ3) is 5.78. The van der Waals surface area contributed by atoms with Gasteiger partial charge in [-0.3, -0.25) is 15.4 Å². The Balaban J connectivity index is 1.40. The van der Waals surface area contributed by atoms with Crippen LogP contribution in [0.4, 0.5) is 21.9 Å². The van der Waals surface area contributed by atoms with Crippen molar-refractivity contribution in [1.29, 1.82) is 0 Å². The number of nitrogens with one attached hydrogen (secondary N) is 2. The highest BCUT2D eigenvalue weighted by Gasteiger charge is 2.24. The van der Waals surface area contributed by atoms with Gasteiger partial charge in [0.25, 0.3) is 0 Å². The van der Waals surface area contributed by atoms with Gasteiger partial charge < -0.3 is 10.1 Å². The SMILES string of the molecule is CC(C)(C)OC(=O)N(Nc1cnc2c(ccc3cc(NCc4ccccc4)cnc32)c1)c1ccccc1. The molecule has 3 aromatic carbocycles. The Labute approximate surface area is 216 Å². The number of pyridine rings is 2. The van der Waals surface area contributed by atoms with Crippen molar-refractivity contribution in [3.8, 4) is 0 Å². The Morgan fingerprint density at radius 3 is 2.00 bits per heavy atom. The molecule has 5 aromatic rings. The number of benzene rings is 3. The molecular weight excluding hydrogens is 462 g/mol. The quantitative estimate of drug-likeness (QED) is 0.194. The topological polar surface area (TPSA) is 79.4 Å². The maximum atomic E-state index is 13.0. The molecule has 0 fully saturated rings. The second-order valence-electron chi connectivity index (χ2n) is 9.76. The van der Waals surface area contributed by atoms with Gasteiger partial charge in [0.2, 0.25) is 0 Å². The van der Waals surface area contributed by atoms with Gasteiger partial charge in [-0.1, -0.05) is 60.7 Å². The number of anilines is 3. The fraction of sp³-hybridized carbons (Fsp3) is 0.167. The molecule has 5 rings (SSSR count). The molecule has 0 saturated heterocycles. The molecule has 0 radical (unpaired) electrons. The summed E-state index contributed by atoms with van der Waals surface area (Å²) in [4.78, 5) is 22.4. The predicted molar refractivity (Wildman–Crippen MR) is 150 cm³/mol. The molecule has 0 bridgehead atoms. The van der Waals surface area contributed by atoms with Gasteiger partial charge in [-0.25, -0.2) is 4.79 Å². The summed E-state index contributed by atoms with van der Waals surface area (Å²) in [5, 5.41) is 6.73. The lowest BCUT2D eigenvalue weighted by atomic mass is 10.1. The second-order valence-corrected chi connectivity index (χ2v) is 9.76. The number of amides is 1. The van der Waals surface area contributed by atoms with Crippen LogP contribution in [0.1, 0.15) is 26.3 Å². The van der Waals surface area contributed by atoms with E-state index in [4.69, 9.17) is 9.72 Å². The first-order valence-electron chi connectivity index (χ1n) is 12.2. The molecule has 0 unspecified atom stereocenters. The average molecular weight is 492 g/mol. The van der Waals surface area contributed by atoms with Crippen molar-refractivity contribution in [3.05, 3.63) is 103 Å². The molecule has 186 valence electrons.